The molecule has 1 atom stereocenters. The highest BCUT2D eigenvalue weighted by atomic mass is 16.7. The van der Waals surface area contributed by atoms with Crippen molar-refractivity contribution < 1.29 is 14.3 Å². The van der Waals surface area contributed by atoms with Gasteiger partial charge in [0.25, 0.3) is 5.91 Å². The van der Waals surface area contributed by atoms with Gasteiger partial charge in [-0.2, -0.15) is 0 Å². The van der Waals surface area contributed by atoms with Gasteiger partial charge in [-0.3, -0.25) is 4.79 Å². The molecule has 0 unspecified atom stereocenters. The lowest BCUT2D eigenvalue weighted by Gasteiger charge is -2.16. The number of likely N-dealkylation sites (tertiary alicyclic amines) is 1. The molecular formula is C12H14N2O3. The van der Waals surface area contributed by atoms with Crippen molar-refractivity contribution in [3.05, 3.63) is 23.8 Å². The molecule has 90 valence electrons. The molecular weight excluding hydrogens is 220 g/mol. The van der Waals surface area contributed by atoms with Crippen molar-refractivity contribution in [1.82, 2.24) is 4.90 Å². The number of carbonyl (C=O) groups excluding carboxylic acids is 1. The lowest BCUT2D eigenvalue weighted by atomic mass is 10.1. The van der Waals surface area contributed by atoms with Gasteiger partial charge in [-0.05, 0) is 18.6 Å². The summed E-state index contributed by atoms with van der Waals surface area (Å²) in [7, 11) is 0. The molecule has 2 aliphatic rings. The molecule has 1 amide bonds. The van der Waals surface area contributed by atoms with E-state index in [1.54, 1.807) is 23.1 Å². The molecule has 1 aromatic carbocycles. The van der Waals surface area contributed by atoms with Crippen LogP contribution < -0.4 is 15.2 Å². The van der Waals surface area contributed by atoms with Gasteiger partial charge in [-0.1, -0.05) is 6.07 Å². The highest BCUT2D eigenvalue weighted by Crippen LogP contribution is 2.36. The second-order valence-corrected chi connectivity index (χ2v) is 4.34. The quantitative estimate of drug-likeness (QED) is 0.772. The van der Waals surface area contributed by atoms with Crippen molar-refractivity contribution in [1.29, 1.82) is 0 Å². The first-order chi connectivity index (χ1) is 8.25. The number of hydrogen-bond acceptors (Lipinski definition) is 4. The molecule has 1 aromatic rings. The largest absolute Gasteiger partial charge is 0.454 e. The molecule has 2 N–H and O–H groups in total. The average molecular weight is 234 g/mol. The first-order valence-corrected chi connectivity index (χ1v) is 5.69. The maximum absolute atomic E-state index is 12.3. The minimum absolute atomic E-state index is 0.0275. The van der Waals surface area contributed by atoms with E-state index in [-0.39, 0.29) is 18.7 Å². The number of fused-ring (bicyclic) bond motifs is 1. The number of nitrogens with zero attached hydrogens (tertiary/aromatic N) is 1. The number of amides is 1. The second-order valence-electron chi connectivity index (χ2n) is 4.34. The zero-order chi connectivity index (χ0) is 11.8. The van der Waals surface area contributed by atoms with E-state index < -0.39 is 0 Å². The summed E-state index contributed by atoms with van der Waals surface area (Å²) < 4.78 is 10.6. The fraction of sp³-hybridized carbons (Fsp3) is 0.417. The Morgan fingerprint density at radius 1 is 1.41 bits per heavy atom. The van der Waals surface area contributed by atoms with Crippen LogP contribution in [-0.2, 0) is 0 Å². The highest BCUT2D eigenvalue weighted by Gasteiger charge is 2.29. The molecule has 5 nitrogen and oxygen atoms in total. The Balaban J connectivity index is 1.89. The minimum Gasteiger partial charge on any atom is -0.454 e. The fourth-order valence-corrected chi connectivity index (χ4v) is 2.24. The molecule has 1 fully saturated rings. The van der Waals surface area contributed by atoms with Gasteiger partial charge in [-0.25, -0.2) is 0 Å². The van der Waals surface area contributed by atoms with Crippen LogP contribution in [0.5, 0.6) is 11.5 Å². The summed E-state index contributed by atoms with van der Waals surface area (Å²) >= 11 is 0. The number of rotatable bonds is 1. The van der Waals surface area contributed by atoms with Gasteiger partial charge < -0.3 is 20.1 Å². The summed E-state index contributed by atoms with van der Waals surface area (Å²) in [5.74, 6) is 1.16. The van der Waals surface area contributed by atoms with E-state index in [9.17, 15) is 4.79 Å². The predicted molar refractivity (Wildman–Crippen MR) is 61.1 cm³/mol. The lowest BCUT2D eigenvalue weighted by molar-refractivity contribution is 0.0786. The molecule has 3 rings (SSSR count). The second kappa shape index (κ2) is 3.92. The van der Waals surface area contributed by atoms with Crippen molar-refractivity contribution >= 4 is 5.91 Å². The summed E-state index contributed by atoms with van der Waals surface area (Å²) in [6, 6.07) is 5.46. The number of nitrogens with two attached hydrogens (primary N) is 1. The van der Waals surface area contributed by atoms with Gasteiger partial charge in [0.2, 0.25) is 6.79 Å². The Labute approximate surface area is 99.1 Å². The van der Waals surface area contributed by atoms with Crippen LogP contribution >= 0.6 is 0 Å². The van der Waals surface area contributed by atoms with Crippen LogP contribution in [0.15, 0.2) is 18.2 Å². The topological polar surface area (TPSA) is 64.8 Å². The van der Waals surface area contributed by atoms with Crippen molar-refractivity contribution in [2.45, 2.75) is 12.5 Å². The minimum atomic E-state index is -0.0275. The Bertz CT molecular complexity index is 461. The van der Waals surface area contributed by atoms with E-state index in [1.165, 1.54) is 0 Å². The van der Waals surface area contributed by atoms with E-state index in [1.807, 2.05) is 0 Å². The Kier molecular flexibility index (Phi) is 2.40. The Morgan fingerprint density at radius 3 is 3.06 bits per heavy atom. The number of benzene rings is 1. The van der Waals surface area contributed by atoms with Crippen LogP contribution in [0.25, 0.3) is 0 Å². The van der Waals surface area contributed by atoms with Crippen LogP contribution in [0.2, 0.25) is 0 Å². The summed E-state index contributed by atoms with van der Waals surface area (Å²) in [5, 5.41) is 0. The molecule has 0 saturated carbocycles. The van der Waals surface area contributed by atoms with Crippen molar-refractivity contribution in [2.75, 3.05) is 19.9 Å². The van der Waals surface area contributed by atoms with Gasteiger partial charge in [0.15, 0.2) is 11.5 Å². The van der Waals surface area contributed by atoms with Crippen molar-refractivity contribution in [3.8, 4) is 11.5 Å². The fourth-order valence-electron chi connectivity index (χ4n) is 2.24. The number of ether oxygens (including phenoxy) is 2. The molecule has 5 heteroatoms. The lowest BCUT2D eigenvalue weighted by Crippen LogP contribution is -2.32. The SMILES string of the molecule is N[C@H]1CCN(C(=O)c2cccc3c2OCO3)C1. The molecule has 0 radical (unpaired) electrons. The number of para-hydroxylation sites is 1. The van der Waals surface area contributed by atoms with Crippen LogP contribution in [0, 0.1) is 0 Å². The standard InChI is InChI=1S/C12H14N2O3/c13-8-4-5-14(6-8)12(15)9-2-1-3-10-11(9)17-7-16-10/h1-3,8H,4-7,13H2/t8-/m0/s1. The van der Waals surface area contributed by atoms with Crippen molar-refractivity contribution in [2.24, 2.45) is 5.73 Å². The monoisotopic (exact) mass is 234 g/mol. The van der Waals surface area contributed by atoms with Gasteiger partial charge in [-0.15, -0.1) is 0 Å². The molecule has 17 heavy (non-hydrogen) atoms. The molecule has 0 aromatic heterocycles. The van der Waals surface area contributed by atoms with E-state index in [2.05, 4.69) is 0 Å². The van der Waals surface area contributed by atoms with Gasteiger partial charge >= 0.3 is 0 Å². The van der Waals surface area contributed by atoms with Gasteiger partial charge in [0.05, 0.1) is 5.56 Å². The molecule has 0 aliphatic carbocycles. The number of hydrogen-bond donors (Lipinski definition) is 1. The predicted octanol–water partition coefficient (Wildman–Crippen LogP) is 0.588. The van der Waals surface area contributed by atoms with Gasteiger partial charge in [0.1, 0.15) is 0 Å². The third-order valence-corrected chi connectivity index (χ3v) is 3.14. The highest BCUT2D eigenvalue weighted by molar-refractivity contribution is 5.98. The first-order valence-electron chi connectivity index (χ1n) is 5.69. The maximum atomic E-state index is 12.3. The smallest absolute Gasteiger partial charge is 0.257 e. The molecule has 1 saturated heterocycles. The molecule has 2 aliphatic heterocycles. The van der Waals surface area contributed by atoms with Crippen LogP contribution in [0.3, 0.4) is 0 Å². The molecule has 0 bridgehead atoms. The summed E-state index contributed by atoms with van der Waals surface area (Å²) in [5.41, 5.74) is 6.37. The Morgan fingerprint density at radius 2 is 2.29 bits per heavy atom. The van der Waals surface area contributed by atoms with E-state index in [0.717, 1.165) is 6.42 Å². The average Bonchev–Trinajstić information content (AvgIpc) is 2.95. The van der Waals surface area contributed by atoms with Gasteiger partial charge in [0, 0.05) is 19.1 Å². The third kappa shape index (κ3) is 1.72. The van der Waals surface area contributed by atoms with Crippen LogP contribution in [-0.4, -0.2) is 36.7 Å². The Hall–Kier alpha value is -1.75. The zero-order valence-corrected chi connectivity index (χ0v) is 9.39. The van der Waals surface area contributed by atoms with Crippen LogP contribution in [0.1, 0.15) is 16.8 Å². The molecule has 2 heterocycles. The van der Waals surface area contributed by atoms with Crippen LogP contribution in [0.4, 0.5) is 0 Å². The first kappa shape index (κ1) is 10.4. The molecule has 0 spiro atoms. The maximum Gasteiger partial charge on any atom is 0.257 e. The van der Waals surface area contributed by atoms with E-state index in [0.29, 0.717) is 30.2 Å². The van der Waals surface area contributed by atoms with E-state index >= 15 is 0 Å². The van der Waals surface area contributed by atoms with E-state index in [4.69, 9.17) is 15.2 Å². The number of carbonyl (C=O) groups is 1. The normalized spacial score (nSPS) is 21.9. The third-order valence-electron chi connectivity index (χ3n) is 3.14. The summed E-state index contributed by atoms with van der Waals surface area (Å²) in [4.78, 5) is 14.1. The van der Waals surface area contributed by atoms with Crippen molar-refractivity contribution in [3.63, 3.8) is 0 Å². The summed E-state index contributed by atoms with van der Waals surface area (Å²) in [6.45, 7) is 1.51. The summed E-state index contributed by atoms with van der Waals surface area (Å²) in [6.07, 6.45) is 0.859. The zero-order valence-electron chi connectivity index (χ0n) is 9.39.